The number of esters is 2. The number of ether oxygens (including phenoxy) is 2. The van der Waals surface area contributed by atoms with E-state index in [1.54, 1.807) is 11.8 Å². The summed E-state index contributed by atoms with van der Waals surface area (Å²) in [4.78, 5) is 42.4. The van der Waals surface area contributed by atoms with Crippen LogP contribution in [0.4, 0.5) is 9.59 Å². The highest BCUT2D eigenvalue weighted by molar-refractivity contribution is 8.25. The molecule has 8 nitrogen and oxygen atoms in total. The molecule has 0 aliphatic carbocycles. The molecule has 0 aliphatic rings. The summed E-state index contributed by atoms with van der Waals surface area (Å²) >= 11 is 1.47. The molecule has 0 unspecified atom stereocenters. The predicted octanol–water partition coefficient (Wildman–Crippen LogP) is 10.5. The largest absolute Gasteiger partial charge is 0.473 e. The minimum atomic E-state index is -1.40. The first-order chi connectivity index (χ1) is 20.3. The van der Waals surface area contributed by atoms with Crippen molar-refractivity contribution >= 4 is 46.1 Å². The molecular weight excluding hydrogens is 576 g/mol. The minimum absolute atomic E-state index is 0.114. The minimum Gasteiger partial charge on any atom is -0.473 e. The van der Waals surface area contributed by atoms with Crippen LogP contribution in [0.1, 0.15) is 155 Å². The van der Waals surface area contributed by atoms with Crippen LogP contribution in [0, 0.1) is 0 Å². The van der Waals surface area contributed by atoms with Gasteiger partial charge in [-0.15, -0.1) is 0 Å². The Balaban J connectivity index is 0. The summed E-state index contributed by atoms with van der Waals surface area (Å²) in [5.74, 6) is 1.19. The van der Waals surface area contributed by atoms with Gasteiger partial charge in [-0.05, 0) is 12.8 Å². The molecule has 0 rings (SSSR count). The van der Waals surface area contributed by atoms with Crippen molar-refractivity contribution in [3.8, 4) is 0 Å². The molecule has 10 heteroatoms. The maximum absolute atomic E-state index is 11.8. The number of hydrogen-bond acceptors (Lipinski definition) is 8. The lowest BCUT2D eigenvalue weighted by Crippen LogP contribution is -2.09. The summed E-state index contributed by atoms with van der Waals surface area (Å²) in [6.45, 7) is 5.60. The SMILES string of the molecule is CCCCCCCCCCCCOC(=O)CCSCCC(=O)OCCCCCCCCCCCC.O=C(O)SC(=O)O. The van der Waals surface area contributed by atoms with Crippen LogP contribution in [-0.4, -0.2) is 57.5 Å². The number of rotatable bonds is 28. The molecule has 0 saturated heterocycles. The standard InChI is InChI=1S/C30H58O4S.C2H2O4S/c1-3-5-7-9-11-13-15-17-19-21-25-33-29(31)23-27-35-28-24-30(32)34-26-22-20-18-16-14-12-10-8-6-4-2;3-1(4)7-2(5)6/h3-28H2,1-2H3;(H,3,4)(H,5,6). The lowest BCUT2D eigenvalue weighted by Gasteiger charge is -2.06. The fourth-order valence-corrected chi connectivity index (χ4v) is 5.16. The summed E-state index contributed by atoms with van der Waals surface area (Å²) in [5, 5.41) is 12.5. The topological polar surface area (TPSA) is 127 Å². The van der Waals surface area contributed by atoms with Crippen molar-refractivity contribution in [1.82, 2.24) is 0 Å². The Bertz CT molecular complexity index is 594. The number of unbranched alkanes of at least 4 members (excludes halogenated alkanes) is 18. The van der Waals surface area contributed by atoms with E-state index < -0.39 is 10.6 Å². The molecule has 0 bridgehead atoms. The Morgan fingerprint density at radius 3 is 1.02 bits per heavy atom. The second-order valence-corrected chi connectivity index (χ2v) is 12.7. The molecule has 0 aliphatic heterocycles. The van der Waals surface area contributed by atoms with Gasteiger partial charge in [0.1, 0.15) is 0 Å². The van der Waals surface area contributed by atoms with E-state index in [0.29, 0.717) is 37.6 Å². The van der Waals surface area contributed by atoms with Gasteiger partial charge < -0.3 is 19.7 Å². The molecule has 0 spiro atoms. The van der Waals surface area contributed by atoms with Crippen LogP contribution in [0.5, 0.6) is 0 Å². The van der Waals surface area contributed by atoms with Crippen LogP contribution in [0.15, 0.2) is 0 Å². The lowest BCUT2D eigenvalue weighted by atomic mass is 10.1. The van der Waals surface area contributed by atoms with Crippen molar-refractivity contribution in [3.63, 3.8) is 0 Å². The highest BCUT2D eigenvalue weighted by atomic mass is 32.2. The zero-order valence-electron chi connectivity index (χ0n) is 26.5. The van der Waals surface area contributed by atoms with Gasteiger partial charge in [-0.25, -0.2) is 9.59 Å². The second-order valence-electron chi connectivity index (χ2n) is 10.6. The monoisotopic (exact) mass is 636 g/mol. The van der Waals surface area contributed by atoms with Gasteiger partial charge in [-0.2, -0.15) is 11.8 Å². The Morgan fingerprint density at radius 2 is 0.762 bits per heavy atom. The first-order valence-electron chi connectivity index (χ1n) is 16.4. The average Bonchev–Trinajstić information content (AvgIpc) is 2.94. The third kappa shape index (κ3) is 40.7. The first kappa shape index (κ1) is 42.7. The zero-order chi connectivity index (χ0) is 31.5. The van der Waals surface area contributed by atoms with E-state index in [2.05, 4.69) is 13.8 Å². The maximum atomic E-state index is 11.8. The van der Waals surface area contributed by atoms with Crippen LogP contribution in [0.3, 0.4) is 0 Å². The molecule has 248 valence electrons. The molecule has 0 heterocycles. The Labute approximate surface area is 264 Å². The van der Waals surface area contributed by atoms with Crippen molar-refractivity contribution in [1.29, 1.82) is 0 Å². The number of hydrogen-bond donors (Lipinski definition) is 2. The number of carbonyl (C=O) groups is 4. The molecule has 0 atom stereocenters. The van der Waals surface area contributed by atoms with Crippen LogP contribution < -0.4 is 0 Å². The van der Waals surface area contributed by atoms with Crippen molar-refractivity contribution in [3.05, 3.63) is 0 Å². The smallest absolute Gasteiger partial charge is 0.376 e. The van der Waals surface area contributed by atoms with Crippen LogP contribution in [0.25, 0.3) is 0 Å². The zero-order valence-corrected chi connectivity index (χ0v) is 28.2. The van der Waals surface area contributed by atoms with E-state index in [-0.39, 0.29) is 23.7 Å². The second kappa shape index (κ2) is 35.8. The Kier molecular flexibility index (Phi) is 36.4. The number of carbonyl (C=O) groups excluding carboxylic acids is 2. The van der Waals surface area contributed by atoms with Crippen LogP contribution in [0.2, 0.25) is 0 Å². The van der Waals surface area contributed by atoms with Crippen molar-refractivity contribution in [2.45, 2.75) is 155 Å². The molecule has 0 amide bonds. The Morgan fingerprint density at radius 1 is 0.476 bits per heavy atom. The summed E-state index contributed by atoms with van der Waals surface area (Å²) in [6.07, 6.45) is 26.5. The van der Waals surface area contributed by atoms with Crippen molar-refractivity contribution in [2.75, 3.05) is 24.7 Å². The van der Waals surface area contributed by atoms with Crippen molar-refractivity contribution < 1.29 is 38.9 Å². The Hall–Kier alpha value is -1.42. The third-order valence-corrected chi connectivity index (χ3v) is 7.93. The van der Waals surface area contributed by atoms with Gasteiger partial charge in [0, 0.05) is 11.5 Å². The lowest BCUT2D eigenvalue weighted by molar-refractivity contribution is -0.144. The van der Waals surface area contributed by atoms with Crippen LogP contribution in [-0.2, 0) is 19.1 Å². The first-order valence-corrected chi connectivity index (χ1v) is 18.3. The number of carboxylic acid groups (broad SMARTS) is 2. The van der Waals surface area contributed by atoms with Gasteiger partial charge in [0.25, 0.3) is 0 Å². The maximum Gasteiger partial charge on any atom is 0.376 e. The third-order valence-electron chi connectivity index (χ3n) is 6.60. The van der Waals surface area contributed by atoms with E-state index in [1.165, 1.54) is 103 Å². The van der Waals surface area contributed by atoms with E-state index in [0.717, 1.165) is 25.7 Å². The predicted molar refractivity (Wildman–Crippen MR) is 176 cm³/mol. The average molecular weight is 637 g/mol. The fraction of sp³-hybridized carbons (Fsp3) is 0.875. The molecule has 42 heavy (non-hydrogen) atoms. The highest BCUT2D eigenvalue weighted by Crippen LogP contribution is 2.12. The molecule has 0 aromatic rings. The van der Waals surface area contributed by atoms with E-state index >= 15 is 0 Å². The molecule has 2 N–H and O–H groups in total. The van der Waals surface area contributed by atoms with Crippen LogP contribution >= 0.6 is 23.5 Å². The van der Waals surface area contributed by atoms with Gasteiger partial charge in [0.15, 0.2) is 0 Å². The van der Waals surface area contributed by atoms with Crippen molar-refractivity contribution in [2.24, 2.45) is 0 Å². The van der Waals surface area contributed by atoms with E-state index in [9.17, 15) is 19.2 Å². The molecule has 0 aromatic carbocycles. The van der Waals surface area contributed by atoms with Gasteiger partial charge in [-0.1, -0.05) is 129 Å². The molecule has 0 saturated carbocycles. The van der Waals surface area contributed by atoms with Gasteiger partial charge in [0.05, 0.1) is 37.8 Å². The molecular formula is C32H60O8S2. The van der Waals surface area contributed by atoms with Gasteiger partial charge >= 0.3 is 22.5 Å². The van der Waals surface area contributed by atoms with Gasteiger partial charge in [0.2, 0.25) is 0 Å². The quantitative estimate of drug-likeness (QED) is 0.0632. The molecule has 0 fully saturated rings. The normalized spacial score (nSPS) is 10.5. The van der Waals surface area contributed by atoms with E-state index in [1.807, 2.05) is 0 Å². The summed E-state index contributed by atoms with van der Waals surface area (Å²) in [5.41, 5.74) is 0. The summed E-state index contributed by atoms with van der Waals surface area (Å²) in [6, 6.07) is 0. The number of thioether (sulfide) groups is 2. The molecule has 0 radical (unpaired) electrons. The summed E-state index contributed by atoms with van der Waals surface area (Å²) in [7, 11) is 0. The van der Waals surface area contributed by atoms with Gasteiger partial charge in [-0.3, -0.25) is 9.59 Å². The van der Waals surface area contributed by atoms with E-state index in [4.69, 9.17) is 19.7 Å². The molecule has 0 aromatic heterocycles. The highest BCUT2D eigenvalue weighted by Gasteiger charge is 2.06. The summed E-state index contributed by atoms with van der Waals surface area (Å²) < 4.78 is 10.6. The fourth-order valence-electron chi connectivity index (χ4n) is 4.18.